The van der Waals surface area contributed by atoms with E-state index in [1.165, 1.54) is 13.0 Å². The van der Waals surface area contributed by atoms with Crippen LogP contribution >= 0.6 is 11.6 Å². The molecule has 0 fully saturated rings. The molecule has 0 bridgehead atoms. The summed E-state index contributed by atoms with van der Waals surface area (Å²) in [4.78, 5) is 34.6. The van der Waals surface area contributed by atoms with Crippen LogP contribution < -0.4 is 5.32 Å². The lowest BCUT2D eigenvalue weighted by molar-refractivity contribution is -0.127. The van der Waals surface area contributed by atoms with Gasteiger partial charge in [0.15, 0.2) is 11.7 Å². The molecule has 0 saturated carbocycles. The molecule has 1 amide bonds. The molecular weight excluding hydrogens is 230 g/mol. The first-order valence-corrected chi connectivity index (χ1v) is 5.03. The van der Waals surface area contributed by atoms with Gasteiger partial charge in [-0.2, -0.15) is 0 Å². The summed E-state index contributed by atoms with van der Waals surface area (Å²) in [5, 5.41) is 2.90. The third kappa shape index (κ3) is 1.61. The van der Waals surface area contributed by atoms with E-state index in [2.05, 4.69) is 5.32 Å². The lowest BCUT2D eigenvalue weighted by Crippen LogP contribution is -2.39. The highest BCUT2D eigenvalue weighted by Crippen LogP contribution is 2.28. The Kier molecular flexibility index (Phi) is 2.52. The van der Waals surface area contributed by atoms with E-state index in [-0.39, 0.29) is 5.56 Å². The van der Waals surface area contributed by atoms with Crippen molar-refractivity contribution in [1.29, 1.82) is 0 Å². The van der Waals surface area contributed by atoms with E-state index in [9.17, 15) is 14.4 Å². The van der Waals surface area contributed by atoms with Crippen molar-refractivity contribution < 1.29 is 14.4 Å². The molecule has 2 rings (SSSR count). The topological polar surface area (TPSA) is 63.2 Å². The largest absolute Gasteiger partial charge is 0.324 e. The summed E-state index contributed by atoms with van der Waals surface area (Å²) in [6.45, 7) is 1.22. The number of nitrogens with one attached hydrogen (secondary N) is 1. The molecule has 0 saturated heterocycles. The number of Topliss-reactive ketones (excluding diaryl/α,β-unsaturated/α-hetero) is 2. The summed E-state index contributed by atoms with van der Waals surface area (Å²) in [7, 11) is 0. The van der Waals surface area contributed by atoms with Crippen LogP contribution in [0.4, 0.5) is 5.69 Å². The molecular formula is C11H8ClNO3. The lowest BCUT2D eigenvalue weighted by atomic mass is 9.89. The van der Waals surface area contributed by atoms with E-state index in [0.717, 1.165) is 0 Å². The summed E-state index contributed by atoms with van der Waals surface area (Å²) < 4.78 is 0. The Labute approximate surface area is 96.6 Å². The maximum absolute atomic E-state index is 11.9. The molecule has 0 aromatic heterocycles. The van der Waals surface area contributed by atoms with E-state index in [4.69, 9.17) is 11.6 Å². The highest BCUT2D eigenvalue weighted by molar-refractivity contribution is 6.34. The van der Waals surface area contributed by atoms with Crippen molar-refractivity contribution in [3.8, 4) is 0 Å². The highest BCUT2D eigenvalue weighted by atomic mass is 35.5. The van der Waals surface area contributed by atoms with E-state index in [1.54, 1.807) is 12.1 Å². The summed E-state index contributed by atoms with van der Waals surface area (Å²) in [6, 6.07) is 4.57. The minimum atomic E-state index is -1.24. The normalized spacial score (nSPS) is 19.0. The molecule has 1 heterocycles. The molecule has 1 aliphatic heterocycles. The maximum atomic E-state index is 11.9. The van der Waals surface area contributed by atoms with E-state index >= 15 is 0 Å². The summed E-state index contributed by atoms with van der Waals surface area (Å²) in [5.41, 5.74) is 0.684. The lowest BCUT2D eigenvalue weighted by Gasteiger charge is -2.21. The van der Waals surface area contributed by atoms with Crippen LogP contribution in [0.3, 0.4) is 0 Å². The zero-order chi connectivity index (χ0) is 11.9. The number of carbonyl (C=O) groups is 3. The van der Waals surface area contributed by atoms with Crippen molar-refractivity contribution in [2.45, 2.75) is 6.92 Å². The number of amides is 1. The van der Waals surface area contributed by atoms with Crippen LogP contribution in [0, 0.1) is 5.92 Å². The van der Waals surface area contributed by atoms with Gasteiger partial charge in [-0.05, 0) is 25.1 Å². The summed E-state index contributed by atoms with van der Waals surface area (Å²) in [6.07, 6.45) is 0. The van der Waals surface area contributed by atoms with Crippen molar-refractivity contribution in [1.82, 2.24) is 0 Å². The number of ketones is 2. The Balaban J connectivity index is 2.55. The second kappa shape index (κ2) is 3.72. The number of halogens is 1. The second-order valence-electron chi connectivity index (χ2n) is 3.59. The fraction of sp³-hybridized carbons (Fsp3) is 0.182. The molecule has 1 aromatic rings. The zero-order valence-electron chi connectivity index (χ0n) is 8.41. The van der Waals surface area contributed by atoms with E-state index < -0.39 is 23.4 Å². The third-order valence-corrected chi connectivity index (χ3v) is 2.67. The van der Waals surface area contributed by atoms with Gasteiger partial charge >= 0.3 is 0 Å². The first-order chi connectivity index (χ1) is 7.50. The number of benzene rings is 1. The molecule has 1 unspecified atom stereocenters. The van der Waals surface area contributed by atoms with Gasteiger partial charge in [0.05, 0.1) is 5.69 Å². The summed E-state index contributed by atoms with van der Waals surface area (Å²) in [5.74, 6) is -2.78. The number of fused-ring (bicyclic) bond motifs is 1. The standard InChI is InChI=1S/C11H8ClNO3/c1-5(14)9-10(15)7-4-6(12)2-3-8(7)13-11(9)16/h2-4,9H,1H3,(H,13,16). The zero-order valence-corrected chi connectivity index (χ0v) is 9.17. The van der Waals surface area contributed by atoms with Crippen LogP contribution in [0.15, 0.2) is 18.2 Å². The Bertz CT molecular complexity index is 510. The van der Waals surface area contributed by atoms with Crippen LogP contribution in [0.2, 0.25) is 5.02 Å². The maximum Gasteiger partial charge on any atom is 0.242 e. The second-order valence-corrected chi connectivity index (χ2v) is 4.02. The van der Waals surface area contributed by atoms with Crippen molar-refractivity contribution in [3.05, 3.63) is 28.8 Å². The van der Waals surface area contributed by atoms with E-state index in [1.807, 2.05) is 0 Å². The van der Waals surface area contributed by atoms with Gasteiger partial charge in [-0.25, -0.2) is 0 Å². The third-order valence-electron chi connectivity index (χ3n) is 2.44. The molecule has 1 aromatic carbocycles. The predicted octanol–water partition coefficient (Wildman–Crippen LogP) is 1.68. The average molecular weight is 238 g/mol. The Morgan fingerprint density at radius 1 is 1.38 bits per heavy atom. The van der Waals surface area contributed by atoms with Crippen LogP contribution in [-0.2, 0) is 9.59 Å². The van der Waals surface area contributed by atoms with Crippen LogP contribution in [-0.4, -0.2) is 17.5 Å². The van der Waals surface area contributed by atoms with Gasteiger partial charge in [0.25, 0.3) is 0 Å². The smallest absolute Gasteiger partial charge is 0.242 e. The number of hydrogen-bond donors (Lipinski definition) is 1. The Hall–Kier alpha value is -1.68. The van der Waals surface area contributed by atoms with Crippen LogP contribution in [0.1, 0.15) is 17.3 Å². The number of hydrogen-bond acceptors (Lipinski definition) is 3. The Morgan fingerprint density at radius 3 is 2.69 bits per heavy atom. The van der Waals surface area contributed by atoms with Gasteiger partial charge in [-0.15, -0.1) is 0 Å². The number of anilines is 1. The average Bonchev–Trinajstić information content (AvgIpc) is 2.19. The molecule has 0 radical (unpaired) electrons. The van der Waals surface area contributed by atoms with Gasteiger partial charge in [0.2, 0.25) is 5.91 Å². The van der Waals surface area contributed by atoms with Crippen molar-refractivity contribution in [2.75, 3.05) is 5.32 Å². The van der Waals surface area contributed by atoms with Crippen molar-refractivity contribution >= 4 is 34.8 Å². The highest BCUT2D eigenvalue weighted by Gasteiger charge is 2.37. The van der Waals surface area contributed by atoms with Gasteiger partial charge in [0.1, 0.15) is 5.78 Å². The number of carbonyl (C=O) groups excluding carboxylic acids is 3. The fourth-order valence-electron chi connectivity index (χ4n) is 1.68. The van der Waals surface area contributed by atoms with Gasteiger partial charge in [0, 0.05) is 10.6 Å². The molecule has 1 N–H and O–H groups in total. The predicted molar refractivity (Wildman–Crippen MR) is 58.6 cm³/mol. The quantitative estimate of drug-likeness (QED) is 0.756. The fourth-order valence-corrected chi connectivity index (χ4v) is 1.85. The van der Waals surface area contributed by atoms with Crippen LogP contribution in [0.25, 0.3) is 0 Å². The molecule has 4 nitrogen and oxygen atoms in total. The van der Waals surface area contributed by atoms with Crippen molar-refractivity contribution in [2.24, 2.45) is 5.92 Å². The Morgan fingerprint density at radius 2 is 2.06 bits per heavy atom. The molecule has 0 aliphatic carbocycles. The molecule has 1 atom stereocenters. The number of rotatable bonds is 1. The monoisotopic (exact) mass is 237 g/mol. The first-order valence-electron chi connectivity index (χ1n) is 4.66. The minimum Gasteiger partial charge on any atom is -0.324 e. The van der Waals surface area contributed by atoms with Crippen LogP contribution in [0.5, 0.6) is 0 Å². The minimum absolute atomic E-state index is 0.285. The molecule has 5 heteroatoms. The molecule has 82 valence electrons. The van der Waals surface area contributed by atoms with Gasteiger partial charge in [-0.1, -0.05) is 11.6 Å². The molecule has 1 aliphatic rings. The van der Waals surface area contributed by atoms with Crippen molar-refractivity contribution in [3.63, 3.8) is 0 Å². The van der Waals surface area contributed by atoms with Gasteiger partial charge in [-0.3, -0.25) is 14.4 Å². The SMILES string of the molecule is CC(=O)C1C(=O)Nc2ccc(Cl)cc2C1=O. The van der Waals surface area contributed by atoms with Gasteiger partial charge < -0.3 is 5.32 Å². The molecule has 16 heavy (non-hydrogen) atoms. The van der Waals surface area contributed by atoms with E-state index in [0.29, 0.717) is 10.7 Å². The first kappa shape index (κ1) is 10.8. The summed E-state index contributed by atoms with van der Waals surface area (Å²) >= 11 is 5.76. The molecule has 0 spiro atoms.